The van der Waals surface area contributed by atoms with Crippen LogP contribution in [0.25, 0.3) is 6.08 Å². The lowest BCUT2D eigenvalue weighted by molar-refractivity contribution is -0.138. The molecule has 0 aromatic heterocycles. The smallest absolute Gasteiger partial charge is 0.179 e. The van der Waals surface area contributed by atoms with Crippen molar-refractivity contribution in [1.29, 1.82) is 0 Å². The summed E-state index contributed by atoms with van der Waals surface area (Å²) in [6.07, 6.45) is 0.00651. The minimum atomic E-state index is -4.28. The molecule has 0 nitrogen and oxygen atoms in total. The van der Waals surface area contributed by atoms with Crippen molar-refractivity contribution in [3.05, 3.63) is 41.0 Å². The van der Waals surface area contributed by atoms with Crippen molar-refractivity contribution in [1.82, 2.24) is 0 Å². The average molecular weight is 246 g/mol. The lowest BCUT2D eigenvalue weighted by atomic mass is 10.0. The predicted molar refractivity (Wildman–Crippen MR) is 63.7 cm³/mol. The number of benzene rings is 1. The Morgan fingerprint density at radius 2 is 2.00 bits per heavy atom. The number of halogens is 3. The molecule has 1 rings (SSSR count). The Labute approximate surface area is 98.6 Å². The monoisotopic (exact) mass is 246 g/mol. The average Bonchev–Trinajstić information content (AvgIpc) is 2.19. The summed E-state index contributed by atoms with van der Waals surface area (Å²) in [7, 11) is 0. The van der Waals surface area contributed by atoms with Crippen molar-refractivity contribution >= 4 is 18.7 Å². The summed E-state index contributed by atoms with van der Waals surface area (Å²) >= 11 is 4.03. The second-order valence-electron chi connectivity index (χ2n) is 3.43. The van der Waals surface area contributed by atoms with Crippen molar-refractivity contribution in [2.24, 2.45) is 0 Å². The predicted octanol–water partition coefficient (Wildman–Crippen LogP) is 4.35. The molecular formula is C12H13F3S. The SMILES string of the molecule is Cc1c(C=CCCS)cccc1C(F)(F)F. The highest BCUT2D eigenvalue weighted by atomic mass is 32.1. The third kappa shape index (κ3) is 3.30. The number of alkyl halides is 3. The normalized spacial score (nSPS) is 12.3. The second-order valence-corrected chi connectivity index (χ2v) is 3.88. The summed E-state index contributed by atoms with van der Waals surface area (Å²) in [5, 5.41) is 0. The Kier molecular flexibility index (Phi) is 4.47. The fraction of sp³-hybridized carbons (Fsp3) is 0.333. The van der Waals surface area contributed by atoms with E-state index in [1.807, 2.05) is 6.08 Å². The number of allylic oxidation sites excluding steroid dienone is 1. The number of rotatable bonds is 3. The Morgan fingerprint density at radius 1 is 1.31 bits per heavy atom. The van der Waals surface area contributed by atoms with Crippen molar-refractivity contribution in [3.8, 4) is 0 Å². The van der Waals surface area contributed by atoms with Gasteiger partial charge in [0.25, 0.3) is 0 Å². The topological polar surface area (TPSA) is 0 Å². The second kappa shape index (κ2) is 5.43. The fourth-order valence-electron chi connectivity index (χ4n) is 1.43. The highest BCUT2D eigenvalue weighted by Gasteiger charge is 2.32. The third-order valence-electron chi connectivity index (χ3n) is 2.27. The molecule has 0 heterocycles. The van der Waals surface area contributed by atoms with Crippen molar-refractivity contribution in [2.75, 3.05) is 5.75 Å². The van der Waals surface area contributed by atoms with Crippen molar-refractivity contribution < 1.29 is 13.2 Å². The Hall–Kier alpha value is -0.900. The van der Waals surface area contributed by atoms with Crippen LogP contribution < -0.4 is 0 Å². The van der Waals surface area contributed by atoms with E-state index in [0.717, 1.165) is 12.5 Å². The molecule has 0 fully saturated rings. The number of hydrogen-bond donors (Lipinski definition) is 1. The summed E-state index contributed by atoms with van der Waals surface area (Å²) < 4.78 is 37.7. The van der Waals surface area contributed by atoms with Crippen LogP contribution >= 0.6 is 12.6 Å². The number of thiol groups is 1. The van der Waals surface area contributed by atoms with Gasteiger partial charge >= 0.3 is 6.18 Å². The molecule has 0 aliphatic rings. The minimum absolute atomic E-state index is 0.269. The van der Waals surface area contributed by atoms with E-state index in [1.54, 1.807) is 12.1 Å². The quantitative estimate of drug-likeness (QED) is 0.753. The van der Waals surface area contributed by atoms with Crippen LogP contribution in [0.1, 0.15) is 23.1 Å². The summed E-state index contributed by atoms with van der Waals surface area (Å²) in [5.74, 6) is 0.689. The van der Waals surface area contributed by atoms with Gasteiger partial charge in [0.2, 0.25) is 0 Å². The van der Waals surface area contributed by atoms with Gasteiger partial charge in [-0.2, -0.15) is 25.8 Å². The van der Waals surface area contributed by atoms with Crippen LogP contribution in [0.5, 0.6) is 0 Å². The molecule has 0 aliphatic heterocycles. The minimum Gasteiger partial charge on any atom is -0.179 e. The van der Waals surface area contributed by atoms with Gasteiger partial charge < -0.3 is 0 Å². The molecule has 0 amide bonds. The molecule has 0 unspecified atom stereocenters. The van der Waals surface area contributed by atoms with E-state index in [4.69, 9.17) is 0 Å². The first-order valence-electron chi connectivity index (χ1n) is 4.91. The van der Waals surface area contributed by atoms with E-state index in [2.05, 4.69) is 12.6 Å². The highest BCUT2D eigenvalue weighted by molar-refractivity contribution is 7.80. The van der Waals surface area contributed by atoms with Gasteiger partial charge in [-0.15, -0.1) is 0 Å². The first-order valence-corrected chi connectivity index (χ1v) is 5.54. The van der Waals surface area contributed by atoms with Gasteiger partial charge in [-0.3, -0.25) is 0 Å². The zero-order valence-corrected chi connectivity index (χ0v) is 9.78. The van der Waals surface area contributed by atoms with Gasteiger partial charge in [-0.25, -0.2) is 0 Å². The maximum Gasteiger partial charge on any atom is 0.416 e. The third-order valence-corrected chi connectivity index (χ3v) is 2.53. The Morgan fingerprint density at radius 3 is 2.56 bits per heavy atom. The highest BCUT2D eigenvalue weighted by Crippen LogP contribution is 2.33. The molecule has 0 atom stereocenters. The molecule has 4 heteroatoms. The molecule has 0 saturated heterocycles. The number of hydrogen-bond acceptors (Lipinski definition) is 1. The lowest BCUT2D eigenvalue weighted by Gasteiger charge is -2.11. The van der Waals surface area contributed by atoms with E-state index in [-0.39, 0.29) is 5.56 Å². The zero-order valence-electron chi connectivity index (χ0n) is 8.88. The van der Waals surface area contributed by atoms with Gasteiger partial charge in [0.15, 0.2) is 0 Å². The molecular weight excluding hydrogens is 233 g/mol. The molecule has 88 valence electrons. The van der Waals surface area contributed by atoms with Crippen LogP contribution in [0.15, 0.2) is 24.3 Å². The summed E-state index contributed by atoms with van der Waals surface area (Å²) in [6.45, 7) is 1.49. The maximum absolute atomic E-state index is 12.6. The van der Waals surface area contributed by atoms with Crippen molar-refractivity contribution in [2.45, 2.75) is 19.5 Å². The molecule has 0 saturated carbocycles. The van der Waals surface area contributed by atoms with E-state index < -0.39 is 11.7 Å². The first-order chi connectivity index (χ1) is 7.46. The largest absolute Gasteiger partial charge is 0.416 e. The summed E-state index contributed by atoms with van der Waals surface area (Å²) in [4.78, 5) is 0. The molecule has 0 radical (unpaired) electrons. The molecule has 1 aromatic rings. The van der Waals surface area contributed by atoms with Crippen LogP contribution in [-0.2, 0) is 6.18 Å². The van der Waals surface area contributed by atoms with Gasteiger partial charge in [-0.1, -0.05) is 24.3 Å². The Balaban J connectivity index is 3.05. The summed E-state index contributed by atoms with van der Waals surface area (Å²) in [6, 6.07) is 4.21. The van der Waals surface area contributed by atoms with E-state index in [0.29, 0.717) is 11.3 Å². The molecule has 0 bridgehead atoms. The van der Waals surface area contributed by atoms with Crippen LogP contribution in [0.4, 0.5) is 13.2 Å². The van der Waals surface area contributed by atoms with Gasteiger partial charge in [-0.05, 0) is 36.3 Å². The van der Waals surface area contributed by atoms with Gasteiger partial charge in [0.1, 0.15) is 0 Å². The molecule has 0 N–H and O–H groups in total. The van der Waals surface area contributed by atoms with Crippen LogP contribution in [0.3, 0.4) is 0 Å². The summed E-state index contributed by atoms with van der Waals surface area (Å²) in [5.41, 5.74) is 0.308. The van der Waals surface area contributed by atoms with E-state index in [9.17, 15) is 13.2 Å². The zero-order chi connectivity index (χ0) is 12.2. The van der Waals surface area contributed by atoms with Crippen LogP contribution in [0, 0.1) is 6.92 Å². The first kappa shape index (κ1) is 13.2. The van der Waals surface area contributed by atoms with Crippen LogP contribution in [0.2, 0.25) is 0 Å². The van der Waals surface area contributed by atoms with Crippen molar-refractivity contribution in [3.63, 3.8) is 0 Å². The molecule has 0 spiro atoms. The molecule has 1 aromatic carbocycles. The van der Waals surface area contributed by atoms with E-state index >= 15 is 0 Å². The fourth-order valence-corrected chi connectivity index (χ4v) is 1.58. The standard InChI is InChI=1S/C12H13F3S/c1-9-10(5-2-3-8-16)6-4-7-11(9)12(13,14)15/h2,4-7,16H,3,8H2,1H3. The lowest BCUT2D eigenvalue weighted by Crippen LogP contribution is -2.07. The van der Waals surface area contributed by atoms with Gasteiger partial charge in [0.05, 0.1) is 5.56 Å². The molecule has 16 heavy (non-hydrogen) atoms. The van der Waals surface area contributed by atoms with Gasteiger partial charge in [0, 0.05) is 0 Å². The maximum atomic E-state index is 12.6. The molecule has 0 aliphatic carbocycles. The van der Waals surface area contributed by atoms with Crippen LogP contribution in [-0.4, -0.2) is 5.75 Å². The Bertz CT molecular complexity index is 380. The van der Waals surface area contributed by atoms with E-state index in [1.165, 1.54) is 13.0 Å².